The lowest BCUT2D eigenvalue weighted by molar-refractivity contribution is 0.102. The number of hydrogen-bond acceptors (Lipinski definition) is 9. The Labute approximate surface area is 222 Å². The third-order valence-corrected chi connectivity index (χ3v) is 6.00. The maximum atomic E-state index is 12.6. The zero-order valence-corrected chi connectivity index (χ0v) is 21.4. The molecule has 10 heteroatoms. The molecule has 7 N–H and O–H groups in total. The molecule has 4 rings (SSSR count). The lowest BCUT2D eigenvalue weighted by Crippen LogP contribution is -2.58. The van der Waals surface area contributed by atoms with Crippen molar-refractivity contribution in [1.82, 2.24) is 15.6 Å². The van der Waals surface area contributed by atoms with Crippen LogP contribution >= 0.6 is 0 Å². The quantitative estimate of drug-likeness (QED) is 0.196. The molecule has 1 aliphatic rings. The van der Waals surface area contributed by atoms with Gasteiger partial charge in [0, 0.05) is 32.2 Å². The number of amidine groups is 1. The van der Waals surface area contributed by atoms with Crippen LogP contribution in [0.2, 0.25) is 0 Å². The number of hydrogen-bond donors (Lipinski definition) is 5. The van der Waals surface area contributed by atoms with Crippen molar-refractivity contribution in [3.8, 4) is 0 Å². The first-order chi connectivity index (χ1) is 18.5. The van der Waals surface area contributed by atoms with Crippen LogP contribution in [0.1, 0.15) is 27.9 Å². The van der Waals surface area contributed by atoms with Crippen molar-refractivity contribution in [3.63, 3.8) is 0 Å². The summed E-state index contributed by atoms with van der Waals surface area (Å²) in [5, 5.41) is 11.0. The lowest BCUT2D eigenvalue weighted by Gasteiger charge is -2.31. The molecule has 1 amide bonds. The summed E-state index contributed by atoms with van der Waals surface area (Å²) in [5.41, 5.74) is 9.75. The highest BCUT2D eigenvalue weighted by Gasteiger charge is 2.23. The number of guanidine groups is 1. The van der Waals surface area contributed by atoms with E-state index < -0.39 is 6.29 Å². The Kier molecular flexibility index (Phi) is 9.41. The van der Waals surface area contributed by atoms with Gasteiger partial charge < -0.3 is 21.1 Å². The van der Waals surface area contributed by atoms with Crippen molar-refractivity contribution in [3.05, 3.63) is 95.6 Å². The monoisotopic (exact) mass is 514 g/mol. The molecule has 0 radical (unpaired) electrons. The normalized spacial score (nSPS) is 15.0. The van der Waals surface area contributed by atoms with Gasteiger partial charge in [0.05, 0.1) is 18.0 Å². The van der Waals surface area contributed by atoms with Crippen LogP contribution in [0.5, 0.6) is 0 Å². The van der Waals surface area contributed by atoms with Crippen molar-refractivity contribution in [2.24, 2.45) is 15.8 Å². The Morgan fingerprint density at radius 2 is 1.71 bits per heavy atom. The number of carbonyl (C=O) groups is 1. The van der Waals surface area contributed by atoms with E-state index in [4.69, 9.17) is 16.3 Å². The minimum atomic E-state index is -0.456. The number of aliphatic imine (C=N–C) groups is 2. The number of ether oxygens (including phenoxy) is 1. The van der Waals surface area contributed by atoms with Crippen LogP contribution in [0.15, 0.2) is 88.8 Å². The first-order valence-corrected chi connectivity index (χ1v) is 12.5. The highest BCUT2D eigenvalue weighted by molar-refractivity contribution is 6.05. The van der Waals surface area contributed by atoms with Gasteiger partial charge in [-0.1, -0.05) is 54.6 Å². The first kappa shape index (κ1) is 26.8. The zero-order valence-electron chi connectivity index (χ0n) is 21.4. The predicted octanol–water partition coefficient (Wildman–Crippen LogP) is 2.71. The summed E-state index contributed by atoms with van der Waals surface area (Å²) in [6, 6.07) is 24.7. The van der Waals surface area contributed by atoms with Gasteiger partial charge >= 0.3 is 0 Å². The summed E-state index contributed by atoms with van der Waals surface area (Å²) in [5.74, 6) is 7.31. The Morgan fingerprint density at radius 1 is 0.974 bits per heavy atom. The van der Waals surface area contributed by atoms with Gasteiger partial charge in [0.1, 0.15) is 5.84 Å². The number of benzene rings is 3. The summed E-state index contributed by atoms with van der Waals surface area (Å²) >= 11 is 0. The second kappa shape index (κ2) is 13.3. The second-order valence-corrected chi connectivity index (χ2v) is 8.79. The molecular weight excluding hydrogens is 480 g/mol. The van der Waals surface area contributed by atoms with E-state index in [1.54, 1.807) is 31.4 Å². The summed E-state index contributed by atoms with van der Waals surface area (Å²) in [7, 11) is 1.65. The first-order valence-electron chi connectivity index (χ1n) is 12.5. The molecule has 3 aromatic carbocycles. The van der Waals surface area contributed by atoms with Gasteiger partial charge in [-0.15, -0.1) is 0 Å². The van der Waals surface area contributed by atoms with Gasteiger partial charge in [-0.05, 0) is 41.8 Å². The highest BCUT2D eigenvalue weighted by Crippen LogP contribution is 2.18. The Balaban J connectivity index is 1.35. The number of hydrazine groups is 1. The van der Waals surface area contributed by atoms with Crippen molar-refractivity contribution in [2.45, 2.75) is 25.7 Å². The molecule has 10 nitrogen and oxygen atoms in total. The van der Waals surface area contributed by atoms with Crippen LogP contribution in [0.4, 0.5) is 11.4 Å². The molecule has 3 aromatic rings. The number of para-hydroxylation sites is 2. The Bertz CT molecular complexity index is 1260. The van der Waals surface area contributed by atoms with E-state index in [0.29, 0.717) is 54.9 Å². The van der Waals surface area contributed by atoms with E-state index in [1.807, 2.05) is 42.5 Å². The summed E-state index contributed by atoms with van der Waals surface area (Å²) < 4.78 is 5.21. The number of methoxy groups -OCH3 is 1. The molecule has 0 aliphatic carbocycles. The fraction of sp³-hybridized carbons (Fsp3) is 0.250. The maximum Gasteiger partial charge on any atom is 0.255 e. The molecule has 0 bridgehead atoms. The van der Waals surface area contributed by atoms with Crippen LogP contribution in [0, 0.1) is 0 Å². The van der Waals surface area contributed by atoms with Crippen LogP contribution < -0.4 is 27.5 Å². The van der Waals surface area contributed by atoms with E-state index in [2.05, 4.69) is 38.1 Å². The average Bonchev–Trinajstić information content (AvgIpc) is 2.94. The van der Waals surface area contributed by atoms with Gasteiger partial charge in [0.25, 0.3) is 5.91 Å². The molecule has 198 valence electrons. The minimum absolute atomic E-state index is 0.226. The van der Waals surface area contributed by atoms with Gasteiger partial charge in [0.15, 0.2) is 6.29 Å². The SMILES string of the molecule is COCCC1=NC(NCCc2ccccc2)N(N)C(NCc2ccc(C(=O)Nc3ccccc3N)cc2)=N1. The second-order valence-electron chi connectivity index (χ2n) is 8.79. The van der Waals surface area contributed by atoms with Crippen LogP contribution in [-0.4, -0.2) is 49.3 Å². The Hall–Kier alpha value is -4.25. The fourth-order valence-electron chi connectivity index (χ4n) is 3.87. The summed E-state index contributed by atoms with van der Waals surface area (Å²) in [4.78, 5) is 21.9. The van der Waals surface area contributed by atoms with Crippen molar-refractivity contribution in [1.29, 1.82) is 0 Å². The highest BCUT2D eigenvalue weighted by atomic mass is 16.5. The number of rotatable bonds is 11. The Morgan fingerprint density at radius 3 is 2.45 bits per heavy atom. The van der Waals surface area contributed by atoms with Crippen LogP contribution in [0.25, 0.3) is 0 Å². The molecule has 0 saturated heterocycles. The largest absolute Gasteiger partial charge is 0.397 e. The third kappa shape index (κ3) is 7.39. The molecule has 0 spiro atoms. The van der Waals surface area contributed by atoms with Gasteiger partial charge in [-0.2, -0.15) is 4.99 Å². The number of nitrogens with two attached hydrogens (primary N) is 2. The number of amides is 1. The minimum Gasteiger partial charge on any atom is -0.397 e. The van der Waals surface area contributed by atoms with Crippen molar-refractivity contribution >= 4 is 29.1 Å². The number of anilines is 2. The number of carbonyl (C=O) groups excluding carboxylic acids is 1. The van der Waals surface area contributed by atoms with Gasteiger partial charge in [-0.3, -0.25) is 10.1 Å². The van der Waals surface area contributed by atoms with E-state index in [-0.39, 0.29) is 5.91 Å². The molecule has 1 atom stereocenters. The van der Waals surface area contributed by atoms with Crippen molar-refractivity contribution < 1.29 is 9.53 Å². The summed E-state index contributed by atoms with van der Waals surface area (Å²) in [6.07, 6.45) is 0.967. The summed E-state index contributed by atoms with van der Waals surface area (Å²) in [6.45, 7) is 1.68. The van der Waals surface area contributed by atoms with Gasteiger partial charge in [-0.25, -0.2) is 15.8 Å². The van der Waals surface area contributed by atoms with Gasteiger partial charge in [0.2, 0.25) is 5.96 Å². The average molecular weight is 515 g/mol. The molecule has 1 unspecified atom stereocenters. The van der Waals surface area contributed by atoms with E-state index in [9.17, 15) is 4.79 Å². The standard InChI is InChI=1S/C28H34N8O2/c1-38-18-16-25-34-27(31-17-15-20-7-3-2-4-8-20)36(30)28(35-25)32-19-21-11-13-22(14-12-21)26(37)33-24-10-6-5-9-23(24)29/h2-14,27,31H,15-19,29-30H2,1H3,(H,33,37)(H,32,34,35). The van der Waals surface area contributed by atoms with E-state index in [0.717, 1.165) is 12.0 Å². The third-order valence-electron chi connectivity index (χ3n) is 6.00. The number of nitrogens with zero attached hydrogens (tertiary/aromatic N) is 3. The zero-order chi connectivity index (χ0) is 26.7. The smallest absolute Gasteiger partial charge is 0.255 e. The molecule has 1 heterocycles. The molecule has 38 heavy (non-hydrogen) atoms. The van der Waals surface area contributed by atoms with Crippen LogP contribution in [-0.2, 0) is 17.7 Å². The van der Waals surface area contributed by atoms with E-state index >= 15 is 0 Å². The number of nitrogen functional groups attached to an aromatic ring is 1. The topological polar surface area (TPSA) is 142 Å². The molecular formula is C28H34N8O2. The molecule has 1 aliphatic heterocycles. The predicted molar refractivity (Wildman–Crippen MR) is 151 cm³/mol. The van der Waals surface area contributed by atoms with E-state index in [1.165, 1.54) is 10.6 Å². The molecule has 0 aromatic heterocycles. The molecule has 0 fully saturated rings. The fourth-order valence-corrected chi connectivity index (χ4v) is 3.87. The molecule has 0 saturated carbocycles. The van der Waals surface area contributed by atoms with Crippen molar-refractivity contribution in [2.75, 3.05) is 31.3 Å². The lowest BCUT2D eigenvalue weighted by atomic mass is 10.1. The van der Waals surface area contributed by atoms with Crippen LogP contribution in [0.3, 0.4) is 0 Å². The number of nitrogens with one attached hydrogen (secondary N) is 3. The maximum absolute atomic E-state index is 12.6.